The van der Waals surface area contributed by atoms with Crippen LogP contribution in [0.15, 0.2) is 11.4 Å². The van der Waals surface area contributed by atoms with Gasteiger partial charge in [0.2, 0.25) is 5.69 Å². The van der Waals surface area contributed by atoms with Crippen LogP contribution in [-0.2, 0) is 0 Å². The first-order valence-corrected chi connectivity index (χ1v) is 4.84. The van der Waals surface area contributed by atoms with Gasteiger partial charge in [0, 0.05) is 15.8 Å². The summed E-state index contributed by atoms with van der Waals surface area (Å²) in [5.74, 6) is 0. The second kappa shape index (κ2) is 2.82. The lowest BCUT2D eigenvalue weighted by molar-refractivity contribution is 1.16. The van der Waals surface area contributed by atoms with Crippen molar-refractivity contribution in [1.82, 2.24) is 4.98 Å². The van der Waals surface area contributed by atoms with Crippen molar-refractivity contribution in [3.63, 3.8) is 0 Å². The molecule has 0 aromatic carbocycles. The lowest BCUT2D eigenvalue weighted by Gasteiger charge is -2.01. The van der Waals surface area contributed by atoms with Gasteiger partial charge in [-0.15, -0.1) is 11.3 Å². The molecule has 2 aromatic heterocycles. The minimum atomic E-state index is 0.696. The largest absolute Gasteiger partial charge is 0.269 e. The van der Waals surface area contributed by atoms with E-state index >= 15 is 0 Å². The van der Waals surface area contributed by atoms with E-state index in [0.29, 0.717) is 5.69 Å². The summed E-state index contributed by atoms with van der Waals surface area (Å²) in [7, 11) is 0. The van der Waals surface area contributed by atoms with Crippen molar-refractivity contribution in [2.75, 3.05) is 0 Å². The van der Waals surface area contributed by atoms with Gasteiger partial charge in [0.25, 0.3) is 0 Å². The van der Waals surface area contributed by atoms with Gasteiger partial charge < -0.3 is 0 Å². The fourth-order valence-electron chi connectivity index (χ4n) is 1.47. The number of hydrogen-bond acceptors (Lipinski definition) is 2. The number of hydrogen-bond donors (Lipinski definition) is 0. The van der Waals surface area contributed by atoms with E-state index in [1.807, 2.05) is 25.3 Å². The Bertz CT molecular complexity index is 505. The molecule has 0 N–H and O–H groups in total. The highest BCUT2D eigenvalue weighted by molar-refractivity contribution is 7.17. The molecular formula is C10H8N2S. The van der Waals surface area contributed by atoms with Gasteiger partial charge in [-0.1, -0.05) is 6.07 Å². The molecular weight excluding hydrogens is 180 g/mol. The molecule has 0 radical (unpaired) electrons. The van der Waals surface area contributed by atoms with Gasteiger partial charge in [0.05, 0.1) is 12.3 Å². The summed E-state index contributed by atoms with van der Waals surface area (Å²) in [4.78, 5) is 7.85. The zero-order chi connectivity index (χ0) is 9.42. The number of aromatic nitrogens is 1. The van der Waals surface area contributed by atoms with E-state index < -0.39 is 0 Å². The molecule has 0 aliphatic rings. The predicted octanol–water partition coefficient (Wildman–Crippen LogP) is 3.46. The molecule has 13 heavy (non-hydrogen) atoms. The molecule has 0 aliphatic heterocycles. The van der Waals surface area contributed by atoms with Crippen molar-refractivity contribution in [3.8, 4) is 0 Å². The Morgan fingerprint density at radius 3 is 2.85 bits per heavy atom. The quantitative estimate of drug-likeness (QED) is 0.579. The third-order valence-corrected chi connectivity index (χ3v) is 3.06. The summed E-state index contributed by atoms with van der Waals surface area (Å²) in [5.41, 5.74) is 2.55. The number of fused-ring (bicyclic) bond motifs is 1. The highest BCUT2D eigenvalue weighted by Gasteiger charge is 2.09. The van der Waals surface area contributed by atoms with Crippen LogP contribution in [-0.4, -0.2) is 4.98 Å². The Morgan fingerprint density at radius 1 is 1.38 bits per heavy atom. The van der Waals surface area contributed by atoms with E-state index in [1.165, 1.54) is 0 Å². The lowest BCUT2D eigenvalue weighted by Crippen LogP contribution is -1.85. The Kier molecular flexibility index (Phi) is 1.78. The minimum absolute atomic E-state index is 0.696. The van der Waals surface area contributed by atoms with Crippen molar-refractivity contribution in [1.29, 1.82) is 0 Å². The first-order chi connectivity index (χ1) is 6.24. The molecule has 64 valence electrons. The highest BCUT2D eigenvalue weighted by Crippen LogP contribution is 2.33. The van der Waals surface area contributed by atoms with Crippen LogP contribution in [0.25, 0.3) is 14.9 Å². The van der Waals surface area contributed by atoms with Gasteiger partial charge in [-0.2, -0.15) is 0 Å². The SMILES string of the molecule is [C-]#[N+]c1c(C)nc(C)c2sccc12. The van der Waals surface area contributed by atoms with E-state index in [2.05, 4.69) is 9.83 Å². The van der Waals surface area contributed by atoms with E-state index in [0.717, 1.165) is 21.5 Å². The topological polar surface area (TPSA) is 17.2 Å². The van der Waals surface area contributed by atoms with Crippen LogP contribution >= 0.6 is 11.3 Å². The number of thiophene rings is 1. The van der Waals surface area contributed by atoms with Gasteiger partial charge in [0.15, 0.2) is 0 Å². The zero-order valence-corrected chi connectivity index (χ0v) is 8.27. The Hall–Kier alpha value is -1.40. The van der Waals surface area contributed by atoms with Gasteiger partial charge >= 0.3 is 0 Å². The standard InChI is InChI=1S/C10H8N2S/c1-6-9(11-3)8-4-5-13-10(8)7(2)12-6/h4-5H,1-2H3. The maximum Gasteiger partial charge on any atom is 0.216 e. The summed E-state index contributed by atoms with van der Waals surface area (Å²) in [5, 5.41) is 3.05. The molecule has 0 unspecified atom stereocenters. The maximum absolute atomic E-state index is 7.07. The van der Waals surface area contributed by atoms with Crippen molar-refractivity contribution in [3.05, 3.63) is 34.3 Å². The van der Waals surface area contributed by atoms with Crippen LogP contribution in [0, 0.1) is 20.4 Å². The minimum Gasteiger partial charge on any atom is -0.269 e. The summed E-state index contributed by atoms with van der Waals surface area (Å²) in [6, 6.07) is 2.00. The molecule has 0 amide bonds. The number of aryl methyl sites for hydroxylation is 2. The highest BCUT2D eigenvalue weighted by atomic mass is 32.1. The zero-order valence-electron chi connectivity index (χ0n) is 7.46. The molecule has 2 heterocycles. The van der Waals surface area contributed by atoms with Gasteiger partial charge in [-0.25, -0.2) is 4.85 Å². The Morgan fingerprint density at radius 2 is 2.15 bits per heavy atom. The molecule has 0 fully saturated rings. The molecule has 3 heteroatoms. The summed E-state index contributed by atoms with van der Waals surface area (Å²) < 4.78 is 1.14. The molecule has 0 bridgehead atoms. The third-order valence-electron chi connectivity index (χ3n) is 2.04. The van der Waals surface area contributed by atoms with Crippen molar-refractivity contribution in [2.24, 2.45) is 0 Å². The second-order valence-electron chi connectivity index (χ2n) is 2.91. The van der Waals surface area contributed by atoms with Crippen molar-refractivity contribution < 1.29 is 0 Å². The van der Waals surface area contributed by atoms with Crippen molar-refractivity contribution >= 4 is 27.1 Å². The molecule has 0 spiro atoms. The first kappa shape index (κ1) is 8.21. The summed E-state index contributed by atoms with van der Waals surface area (Å²) >= 11 is 1.65. The van der Waals surface area contributed by atoms with E-state index in [1.54, 1.807) is 11.3 Å². The van der Waals surface area contributed by atoms with Crippen LogP contribution in [0.2, 0.25) is 0 Å². The van der Waals surface area contributed by atoms with Gasteiger partial charge in [-0.3, -0.25) is 4.98 Å². The lowest BCUT2D eigenvalue weighted by atomic mass is 10.2. The van der Waals surface area contributed by atoms with Crippen molar-refractivity contribution in [2.45, 2.75) is 13.8 Å². The number of rotatable bonds is 0. The summed E-state index contributed by atoms with van der Waals surface area (Å²) in [6.07, 6.45) is 0. The molecule has 0 atom stereocenters. The fraction of sp³-hybridized carbons (Fsp3) is 0.200. The molecule has 0 saturated carbocycles. The van der Waals surface area contributed by atoms with Crippen LogP contribution in [0.5, 0.6) is 0 Å². The number of pyridine rings is 1. The third kappa shape index (κ3) is 1.11. The molecule has 0 saturated heterocycles. The first-order valence-electron chi connectivity index (χ1n) is 3.96. The van der Waals surface area contributed by atoms with Crippen LogP contribution < -0.4 is 0 Å². The summed E-state index contributed by atoms with van der Waals surface area (Å²) in [6.45, 7) is 10.9. The van der Waals surface area contributed by atoms with Gasteiger partial charge in [-0.05, 0) is 19.2 Å². The van der Waals surface area contributed by atoms with Crippen LogP contribution in [0.4, 0.5) is 5.69 Å². The molecule has 2 aromatic rings. The van der Waals surface area contributed by atoms with E-state index in [9.17, 15) is 0 Å². The maximum atomic E-state index is 7.07. The normalized spacial score (nSPS) is 10.2. The molecule has 2 nitrogen and oxygen atoms in total. The fourth-order valence-corrected chi connectivity index (χ4v) is 2.32. The Labute approximate surface area is 80.7 Å². The van der Waals surface area contributed by atoms with Gasteiger partial charge in [0.1, 0.15) is 0 Å². The Balaban J connectivity index is 2.99. The molecule has 0 aliphatic carbocycles. The van der Waals surface area contributed by atoms with Crippen LogP contribution in [0.3, 0.4) is 0 Å². The average Bonchev–Trinajstić information content (AvgIpc) is 2.53. The second-order valence-corrected chi connectivity index (χ2v) is 3.82. The van der Waals surface area contributed by atoms with E-state index in [4.69, 9.17) is 6.57 Å². The average molecular weight is 188 g/mol. The van der Waals surface area contributed by atoms with E-state index in [-0.39, 0.29) is 0 Å². The van der Waals surface area contributed by atoms with Crippen LogP contribution in [0.1, 0.15) is 11.4 Å². The monoisotopic (exact) mass is 188 g/mol. The number of nitrogens with zero attached hydrogens (tertiary/aromatic N) is 2. The molecule has 2 rings (SSSR count). The predicted molar refractivity (Wildman–Crippen MR) is 55.4 cm³/mol. The smallest absolute Gasteiger partial charge is 0.216 e.